The predicted octanol–water partition coefficient (Wildman–Crippen LogP) is 3.45. The number of hydrogen-bond donors (Lipinski definition) is 2. The highest BCUT2D eigenvalue weighted by Crippen LogP contribution is 2.40. The van der Waals surface area contributed by atoms with Gasteiger partial charge in [-0.15, -0.1) is 0 Å². The second-order valence-corrected chi connectivity index (χ2v) is 7.63. The largest absolute Gasteiger partial charge is 0.326 e. The first kappa shape index (κ1) is 18.5. The van der Waals surface area contributed by atoms with Crippen molar-refractivity contribution in [1.29, 1.82) is 0 Å². The van der Waals surface area contributed by atoms with Crippen LogP contribution in [0.1, 0.15) is 30.9 Å². The molecule has 0 aromatic heterocycles. The van der Waals surface area contributed by atoms with Crippen LogP contribution in [0.2, 0.25) is 5.02 Å². The molecule has 28 heavy (non-hydrogen) atoms. The lowest BCUT2D eigenvalue weighted by Gasteiger charge is -2.33. The van der Waals surface area contributed by atoms with E-state index in [1.165, 1.54) is 0 Å². The molecule has 2 atom stereocenters. The van der Waals surface area contributed by atoms with Crippen LogP contribution in [-0.4, -0.2) is 28.8 Å². The number of carbonyl (C=O) groups excluding carboxylic acids is 3. The van der Waals surface area contributed by atoms with Crippen LogP contribution in [0.5, 0.6) is 0 Å². The first-order valence-corrected chi connectivity index (χ1v) is 9.61. The summed E-state index contributed by atoms with van der Waals surface area (Å²) < 4.78 is 0. The van der Waals surface area contributed by atoms with E-state index < -0.39 is 23.5 Å². The Morgan fingerprint density at radius 3 is 2.79 bits per heavy atom. The summed E-state index contributed by atoms with van der Waals surface area (Å²) in [6.45, 7) is 1.55. The number of halogens is 1. The molecule has 1 aliphatic carbocycles. The lowest BCUT2D eigenvalue weighted by Crippen LogP contribution is -2.49. The van der Waals surface area contributed by atoms with E-state index in [1.807, 2.05) is 24.3 Å². The molecule has 7 heteroatoms. The van der Waals surface area contributed by atoms with Gasteiger partial charge in [0.05, 0.1) is 0 Å². The van der Waals surface area contributed by atoms with E-state index in [1.54, 1.807) is 31.2 Å². The third-order valence-corrected chi connectivity index (χ3v) is 5.69. The third-order valence-electron chi connectivity index (χ3n) is 5.46. The van der Waals surface area contributed by atoms with Crippen LogP contribution in [-0.2, 0) is 21.5 Å². The fourth-order valence-electron chi connectivity index (χ4n) is 4.06. The van der Waals surface area contributed by atoms with Crippen molar-refractivity contribution in [3.05, 3.63) is 64.7 Å². The highest BCUT2D eigenvalue weighted by molar-refractivity contribution is 6.30. The molecule has 144 valence electrons. The lowest BCUT2D eigenvalue weighted by molar-refractivity contribution is -0.137. The molecule has 0 radical (unpaired) electrons. The minimum Gasteiger partial charge on any atom is -0.324 e. The summed E-state index contributed by atoms with van der Waals surface area (Å²) >= 11 is 5.95. The van der Waals surface area contributed by atoms with Gasteiger partial charge in [0.25, 0.3) is 5.91 Å². The summed E-state index contributed by atoms with van der Waals surface area (Å²) in [4.78, 5) is 39.8. The van der Waals surface area contributed by atoms with Gasteiger partial charge in [0.2, 0.25) is 5.91 Å². The average Bonchev–Trinajstić information content (AvgIpc) is 2.92. The van der Waals surface area contributed by atoms with Gasteiger partial charge in [0, 0.05) is 10.7 Å². The topological polar surface area (TPSA) is 78.5 Å². The van der Waals surface area contributed by atoms with Crippen LogP contribution >= 0.6 is 11.6 Å². The Bertz CT molecular complexity index is 977. The minimum atomic E-state index is -1.09. The Hall–Kier alpha value is -2.86. The van der Waals surface area contributed by atoms with Crippen molar-refractivity contribution in [2.45, 2.75) is 37.8 Å². The number of fused-ring (bicyclic) bond motifs is 2. The Balaban J connectivity index is 1.60. The zero-order valence-electron chi connectivity index (χ0n) is 15.4. The van der Waals surface area contributed by atoms with Gasteiger partial charge in [-0.25, -0.2) is 9.69 Å². The fraction of sp³-hybridized carbons (Fsp3) is 0.286. The zero-order valence-corrected chi connectivity index (χ0v) is 16.1. The Morgan fingerprint density at radius 2 is 2.00 bits per heavy atom. The van der Waals surface area contributed by atoms with Gasteiger partial charge in [-0.1, -0.05) is 41.9 Å². The standard InChI is InChI=1S/C21H20ClN3O3/c1-13(18(26)23-16-9-4-8-15(22)12-16)25-19(27)21(24-20(25)28)11-5-7-14-6-2-3-10-17(14)21/h2-4,6,8-10,12-13H,5,7,11H2,1H3,(H,23,26)(H,24,28)/t13-,21-/m0/s1. The number of rotatable bonds is 3. The Morgan fingerprint density at radius 1 is 1.21 bits per heavy atom. The van der Waals surface area contributed by atoms with Crippen molar-refractivity contribution < 1.29 is 14.4 Å². The summed E-state index contributed by atoms with van der Waals surface area (Å²) in [6.07, 6.45) is 2.18. The van der Waals surface area contributed by atoms with Crippen molar-refractivity contribution in [3.8, 4) is 0 Å². The van der Waals surface area contributed by atoms with Crippen molar-refractivity contribution in [2.24, 2.45) is 0 Å². The van der Waals surface area contributed by atoms with Gasteiger partial charge in [0.1, 0.15) is 11.6 Å². The number of hydrogen-bond acceptors (Lipinski definition) is 3. The average molecular weight is 398 g/mol. The molecule has 0 bridgehead atoms. The van der Waals surface area contributed by atoms with Crippen LogP contribution < -0.4 is 10.6 Å². The van der Waals surface area contributed by atoms with Crippen molar-refractivity contribution >= 4 is 35.1 Å². The second kappa shape index (κ2) is 6.95. The van der Waals surface area contributed by atoms with Gasteiger partial charge in [-0.3, -0.25) is 9.59 Å². The molecular weight excluding hydrogens is 378 g/mol. The molecule has 1 heterocycles. The first-order chi connectivity index (χ1) is 13.4. The first-order valence-electron chi connectivity index (χ1n) is 9.23. The van der Waals surface area contributed by atoms with Gasteiger partial charge >= 0.3 is 6.03 Å². The fourth-order valence-corrected chi connectivity index (χ4v) is 4.25. The molecule has 2 N–H and O–H groups in total. The molecule has 4 amide bonds. The summed E-state index contributed by atoms with van der Waals surface area (Å²) in [5.41, 5.74) is 1.30. The molecule has 1 spiro atoms. The van der Waals surface area contributed by atoms with E-state index in [0.717, 1.165) is 28.9 Å². The van der Waals surface area contributed by atoms with Gasteiger partial charge in [-0.05, 0) is 55.5 Å². The number of imide groups is 1. The summed E-state index contributed by atoms with van der Waals surface area (Å²) in [5.74, 6) is -0.828. The van der Waals surface area contributed by atoms with Crippen LogP contribution in [0.15, 0.2) is 48.5 Å². The van der Waals surface area contributed by atoms with E-state index in [-0.39, 0.29) is 5.91 Å². The lowest BCUT2D eigenvalue weighted by atomic mass is 9.76. The molecular formula is C21H20ClN3O3. The number of urea groups is 1. The minimum absolute atomic E-state index is 0.376. The summed E-state index contributed by atoms with van der Waals surface area (Å²) in [7, 11) is 0. The van der Waals surface area contributed by atoms with Crippen LogP contribution in [0.4, 0.5) is 10.5 Å². The maximum atomic E-state index is 13.3. The second-order valence-electron chi connectivity index (χ2n) is 7.20. The van der Waals surface area contributed by atoms with Gasteiger partial charge in [-0.2, -0.15) is 0 Å². The SMILES string of the molecule is C[C@@H](C(=O)Nc1cccc(Cl)c1)N1C(=O)N[C@]2(CCCc3ccccc32)C1=O. The summed E-state index contributed by atoms with van der Waals surface area (Å²) in [5, 5.41) is 6.07. The van der Waals surface area contributed by atoms with E-state index in [2.05, 4.69) is 10.6 Å². The van der Waals surface area contributed by atoms with Crippen LogP contribution in [0.3, 0.4) is 0 Å². The van der Waals surface area contributed by atoms with E-state index in [9.17, 15) is 14.4 Å². The van der Waals surface area contributed by atoms with Crippen molar-refractivity contribution in [1.82, 2.24) is 10.2 Å². The highest BCUT2D eigenvalue weighted by Gasteiger charge is 2.55. The Labute approximate surface area is 167 Å². The zero-order chi connectivity index (χ0) is 19.9. The highest BCUT2D eigenvalue weighted by atomic mass is 35.5. The molecule has 2 aliphatic rings. The molecule has 0 unspecified atom stereocenters. The maximum absolute atomic E-state index is 13.3. The van der Waals surface area contributed by atoms with E-state index >= 15 is 0 Å². The monoisotopic (exact) mass is 397 g/mol. The number of nitrogens with one attached hydrogen (secondary N) is 2. The molecule has 6 nitrogen and oxygen atoms in total. The maximum Gasteiger partial charge on any atom is 0.326 e. The molecule has 1 saturated heterocycles. The van der Waals surface area contributed by atoms with Crippen LogP contribution in [0.25, 0.3) is 0 Å². The van der Waals surface area contributed by atoms with Gasteiger partial charge in [0.15, 0.2) is 0 Å². The molecule has 2 aromatic carbocycles. The molecule has 1 aliphatic heterocycles. The predicted molar refractivity (Wildman–Crippen MR) is 106 cm³/mol. The third kappa shape index (κ3) is 2.94. The molecule has 2 aromatic rings. The quantitative estimate of drug-likeness (QED) is 0.778. The van der Waals surface area contributed by atoms with Crippen molar-refractivity contribution in [2.75, 3.05) is 5.32 Å². The smallest absolute Gasteiger partial charge is 0.324 e. The number of carbonyl (C=O) groups is 3. The number of aryl methyl sites for hydroxylation is 1. The number of benzene rings is 2. The molecule has 0 saturated carbocycles. The van der Waals surface area contributed by atoms with E-state index in [0.29, 0.717) is 17.1 Å². The van der Waals surface area contributed by atoms with Crippen molar-refractivity contribution in [3.63, 3.8) is 0 Å². The molecule has 1 fully saturated rings. The number of amides is 4. The molecule has 4 rings (SSSR count). The van der Waals surface area contributed by atoms with Gasteiger partial charge < -0.3 is 10.6 Å². The van der Waals surface area contributed by atoms with Crippen LogP contribution in [0, 0.1) is 0 Å². The Kier molecular flexibility index (Phi) is 4.59. The normalized spacial score (nSPS) is 22.0. The summed E-state index contributed by atoms with van der Waals surface area (Å²) in [6, 6.07) is 12.9. The number of anilines is 1. The number of nitrogens with zero attached hydrogens (tertiary/aromatic N) is 1. The van der Waals surface area contributed by atoms with E-state index in [4.69, 9.17) is 11.6 Å².